The zero-order valence-corrected chi connectivity index (χ0v) is 15.1. The van der Waals surface area contributed by atoms with Crippen molar-refractivity contribution in [3.05, 3.63) is 71.0 Å². The summed E-state index contributed by atoms with van der Waals surface area (Å²) in [7, 11) is 0. The summed E-state index contributed by atoms with van der Waals surface area (Å²) in [6, 6.07) is 13.2. The maximum atomic E-state index is 13.6. The Balaban J connectivity index is 1.69. The van der Waals surface area contributed by atoms with Gasteiger partial charge in [-0.1, -0.05) is 36.4 Å². The zero-order chi connectivity index (χ0) is 19.9. The number of halogens is 2. The predicted octanol–water partition coefficient (Wildman–Crippen LogP) is 2.11. The Morgan fingerprint density at radius 3 is 2.57 bits per heavy atom. The molecule has 3 atom stereocenters. The molecule has 1 saturated heterocycles. The highest BCUT2D eigenvalue weighted by Gasteiger charge is 2.47. The first-order chi connectivity index (χ1) is 13.4. The molecule has 0 saturated carbocycles. The molecule has 2 aromatic carbocycles. The van der Waals surface area contributed by atoms with Crippen molar-refractivity contribution < 1.29 is 28.5 Å². The van der Waals surface area contributed by atoms with Gasteiger partial charge in [-0.3, -0.25) is 4.79 Å². The van der Waals surface area contributed by atoms with Gasteiger partial charge in [-0.05, 0) is 35.2 Å². The van der Waals surface area contributed by atoms with Crippen LogP contribution in [0.1, 0.15) is 29.2 Å². The van der Waals surface area contributed by atoms with Gasteiger partial charge in [0.05, 0.1) is 12.6 Å². The number of nitrogens with zero attached hydrogens (tertiary/aromatic N) is 1. The fourth-order valence-corrected chi connectivity index (χ4v) is 3.95. The third-order valence-electron chi connectivity index (χ3n) is 5.46. The van der Waals surface area contributed by atoms with Crippen LogP contribution in [0.2, 0.25) is 0 Å². The van der Waals surface area contributed by atoms with Gasteiger partial charge in [0.1, 0.15) is 11.9 Å². The Labute approximate surface area is 161 Å². The molecule has 1 amide bonds. The smallest absolute Gasteiger partial charge is 0.252 e. The average Bonchev–Trinajstić information content (AvgIpc) is 2.69. The number of carbonyl (C=O) groups excluding carboxylic acids is 1. The van der Waals surface area contributed by atoms with Crippen molar-refractivity contribution in [3.63, 3.8) is 0 Å². The molecule has 1 fully saturated rings. The molecule has 0 unspecified atom stereocenters. The molecular weight excluding hydrogens is 368 g/mol. The van der Waals surface area contributed by atoms with Crippen molar-refractivity contribution in [2.45, 2.75) is 36.9 Å². The van der Waals surface area contributed by atoms with Crippen molar-refractivity contribution in [1.29, 1.82) is 0 Å². The molecule has 7 heteroatoms. The quantitative estimate of drug-likeness (QED) is 0.772. The summed E-state index contributed by atoms with van der Waals surface area (Å²) < 4.78 is 32.3. The topological polar surface area (TPSA) is 70.0 Å². The second-order valence-corrected chi connectivity index (χ2v) is 7.31. The monoisotopic (exact) mass is 389 g/mol. The number of hydrogen-bond donors (Lipinski definition) is 2. The maximum Gasteiger partial charge on any atom is 0.252 e. The number of benzene rings is 2. The molecule has 4 rings (SSSR count). The number of fused-ring (bicyclic) bond motifs is 1. The SMILES string of the molecule is O=C([C@H]1CC(O)(O)[C@@H](F)CO1)N1CCc2ccccc2[C@@H]1c1ccc(F)cc1. The fourth-order valence-electron chi connectivity index (χ4n) is 3.95. The van der Waals surface area contributed by atoms with Crippen LogP contribution >= 0.6 is 0 Å². The lowest BCUT2D eigenvalue weighted by atomic mass is 9.87. The molecule has 2 aromatic rings. The molecule has 0 radical (unpaired) electrons. The Morgan fingerprint density at radius 2 is 1.86 bits per heavy atom. The molecule has 0 spiro atoms. The average molecular weight is 389 g/mol. The minimum absolute atomic E-state index is 0.374. The van der Waals surface area contributed by atoms with Gasteiger partial charge in [-0.25, -0.2) is 8.78 Å². The van der Waals surface area contributed by atoms with E-state index in [2.05, 4.69) is 0 Å². The van der Waals surface area contributed by atoms with E-state index >= 15 is 0 Å². The van der Waals surface area contributed by atoms with Crippen molar-refractivity contribution >= 4 is 5.91 Å². The lowest BCUT2D eigenvalue weighted by molar-refractivity contribution is -0.262. The highest BCUT2D eigenvalue weighted by Crippen LogP contribution is 2.37. The standard InChI is InChI=1S/C21H21F2NO4/c22-15-7-5-14(6-8-15)19-16-4-2-1-3-13(16)9-10-24(19)20(25)17-11-21(26,27)18(23)12-28-17/h1-8,17-19,26-27H,9-12H2/t17-,18+,19+/m1/s1. The van der Waals surface area contributed by atoms with Crippen LogP contribution in [0.4, 0.5) is 8.78 Å². The van der Waals surface area contributed by atoms with Crippen LogP contribution in [-0.4, -0.2) is 52.2 Å². The minimum Gasteiger partial charge on any atom is -0.365 e. The van der Waals surface area contributed by atoms with Crippen LogP contribution in [0.3, 0.4) is 0 Å². The van der Waals surface area contributed by atoms with Crippen LogP contribution in [0, 0.1) is 5.82 Å². The van der Waals surface area contributed by atoms with E-state index in [4.69, 9.17) is 4.74 Å². The van der Waals surface area contributed by atoms with E-state index in [1.165, 1.54) is 12.1 Å². The van der Waals surface area contributed by atoms with Gasteiger partial charge in [0.25, 0.3) is 5.91 Å². The number of ether oxygens (including phenoxy) is 1. The van der Waals surface area contributed by atoms with Crippen molar-refractivity contribution in [2.75, 3.05) is 13.2 Å². The number of aliphatic hydroxyl groups is 2. The van der Waals surface area contributed by atoms with Crippen LogP contribution in [0.15, 0.2) is 48.5 Å². The van der Waals surface area contributed by atoms with Gasteiger partial charge in [-0.15, -0.1) is 0 Å². The Morgan fingerprint density at radius 1 is 1.14 bits per heavy atom. The summed E-state index contributed by atoms with van der Waals surface area (Å²) in [5.74, 6) is -3.42. The van der Waals surface area contributed by atoms with E-state index in [-0.39, 0.29) is 5.82 Å². The molecule has 0 bridgehead atoms. The molecule has 148 valence electrons. The summed E-state index contributed by atoms with van der Waals surface area (Å²) >= 11 is 0. The first-order valence-electron chi connectivity index (χ1n) is 9.21. The minimum atomic E-state index is -2.60. The molecule has 2 heterocycles. The Bertz CT molecular complexity index is 871. The molecule has 2 aliphatic rings. The molecule has 0 aromatic heterocycles. The van der Waals surface area contributed by atoms with Gasteiger partial charge in [-0.2, -0.15) is 0 Å². The van der Waals surface area contributed by atoms with Crippen LogP contribution in [0.5, 0.6) is 0 Å². The number of carbonyl (C=O) groups is 1. The second kappa shape index (κ2) is 7.24. The lowest BCUT2D eigenvalue weighted by Crippen LogP contribution is -2.56. The molecule has 2 N–H and O–H groups in total. The molecule has 2 aliphatic heterocycles. The first-order valence-corrected chi connectivity index (χ1v) is 9.21. The maximum absolute atomic E-state index is 13.6. The van der Waals surface area contributed by atoms with Crippen LogP contribution in [0.25, 0.3) is 0 Å². The highest BCUT2D eigenvalue weighted by atomic mass is 19.1. The molecule has 5 nitrogen and oxygen atoms in total. The van der Waals surface area contributed by atoms with Gasteiger partial charge >= 0.3 is 0 Å². The number of alkyl halides is 1. The van der Waals surface area contributed by atoms with Crippen molar-refractivity contribution in [2.24, 2.45) is 0 Å². The summed E-state index contributed by atoms with van der Waals surface area (Å²) in [6.45, 7) is -0.171. The largest absolute Gasteiger partial charge is 0.365 e. The molecule has 0 aliphatic carbocycles. The van der Waals surface area contributed by atoms with Crippen molar-refractivity contribution in [1.82, 2.24) is 4.90 Å². The Hall–Kier alpha value is -2.35. The van der Waals surface area contributed by atoms with E-state index in [0.717, 1.165) is 16.7 Å². The van der Waals surface area contributed by atoms with Gasteiger partial charge in [0.2, 0.25) is 0 Å². The summed E-state index contributed by atoms with van der Waals surface area (Å²) in [6.07, 6.45) is -3.04. The van der Waals surface area contributed by atoms with Crippen molar-refractivity contribution in [3.8, 4) is 0 Å². The third-order valence-corrected chi connectivity index (χ3v) is 5.46. The molecule has 28 heavy (non-hydrogen) atoms. The number of hydrogen-bond acceptors (Lipinski definition) is 4. The normalized spacial score (nSPS) is 26.6. The van der Waals surface area contributed by atoms with E-state index in [1.807, 2.05) is 24.3 Å². The summed E-state index contributed by atoms with van der Waals surface area (Å²) in [5.41, 5.74) is 2.75. The van der Waals surface area contributed by atoms with E-state index in [0.29, 0.717) is 13.0 Å². The van der Waals surface area contributed by atoms with E-state index in [1.54, 1.807) is 17.0 Å². The molecular formula is C21H21F2NO4. The van der Waals surface area contributed by atoms with Crippen LogP contribution < -0.4 is 0 Å². The summed E-state index contributed by atoms with van der Waals surface area (Å²) in [4.78, 5) is 14.8. The second-order valence-electron chi connectivity index (χ2n) is 7.31. The number of amides is 1. The van der Waals surface area contributed by atoms with Gasteiger partial charge in [0, 0.05) is 13.0 Å². The predicted molar refractivity (Wildman–Crippen MR) is 96.5 cm³/mol. The summed E-state index contributed by atoms with van der Waals surface area (Å²) in [5, 5.41) is 19.6. The third kappa shape index (κ3) is 3.41. The zero-order valence-electron chi connectivity index (χ0n) is 15.1. The van der Waals surface area contributed by atoms with Gasteiger partial charge in [0.15, 0.2) is 12.0 Å². The lowest BCUT2D eigenvalue weighted by Gasteiger charge is -2.42. The highest BCUT2D eigenvalue weighted by molar-refractivity contribution is 5.82. The van der Waals surface area contributed by atoms with E-state index < -0.39 is 43.0 Å². The van der Waals surface area contributed by atoms with Crippen LogP contribution in [-0.2, 0) is 16.0 Å². The first kappa shape index (κ1) is 19.0. The number of rotatable bonds is 2. The fraction of sp³-hybridized carbons (Fsp3) is 0.381. The Kier molecular flexibility index (Phi) is 4.91. The van der Waals surface area contributed by atoms with Gasteiger partial charge < -0.3 is 19.8 Å². The van der Waals surface area contributed by atoms with E-state index in [9.17, 15) is 23.8 Å².